The molecule has 0 amide bonds. The fraction of sp³-hybridized carbons (Fsp3) is 1.00. The van der Waals surface area contributed by atoms with Gasteiger partial charge in [0, 0.05) is 18.3 Å². The molecule has 2 unspecified atom stereocenters. The molecule has 16 heavy (non-hydrogen) atoms. The highest BCUT2D eigenvalue weighted by Crippen LogP contribution is 2.20. The fourth-order valence-corrected chi connectivity index (χ4v) is 2.82. The Hall–Kier alpha value is -0.130. The smallest absolute Gasteiger partial charge is 0.148 e. The van der Waals surface area contributed by atoms with E-state index in [4.69, 9.17) is 0 Å². The first-order valence-electron chi connectivity index (χ1n) is 5.58. The normalized spacial score (nSPS) is 17.1. The van der Waals surface area contributed by atoms with Gasteiger partial charge in [-0.15, -0.1) is 0 Å². The molecule has 98 valence electrons. The second-order valence-corrected chi connectivity index (χ2v) is 7.99. The third kappa shape index (κ3) is 9.12. The molecule has 0 radical (unpaired) electrons. The van der Waals surface area contributed by atoms with E-state index in [2.05, 4.69) is 26.1 Å². The van der Waals surface area contributed by atoms with E-state index in [1.165, 1.54) is 6.26 Å². The Labute approximate surface area is 99.4 Å². The third-order valence-corrected chi connectivity index (χ3v) is 3.26. The highest BCUT2D eigenvalue weighted by atomic mass is 32.2. The molecule has 4 nitrogen and oxygen atoms in total. The van der Waals surface area contributed by atoms with E-state index in [0.717, 1.165) is 6.42 Å². The lowest BCUT2D eigenvalue weighted by Crippen LogP contribution is -2.44. The van der Waals surface area contributed by atoms with Crippen molar-refractivity contribution in [1.29, 1.82) is 0 Å². The van der Waals surface area contributed by atoms with Crippen molar-refractivity contribution in [3.05, 3.63) is 0 Å². The molecule has 0 aromatic rings. The molecule has 0 bridgehead atoms. The van der Waals surface area contributed by atoms with Crippen molar-refractivity contribution in [3.8, 4) is 0 Å². The largest absolute Gasteiger partial charge is 0.395 e. The van der Waals surface area contributed by atoms with Crippen molar-refractivity contribution in [2.24, 2.45) is 5.41 Å². The summed E-state index contributed by atoms with van der Waals surface area (Å²) in [4.78, 5) is 0. The molecule has 0 saturated heterocycles. The summed E-state index contributed by atoms with van der Waals surface area (Å²) >= 11 is 0. The first-order valence-corrected chi connectivity index (χ1v) is 7.64. The number of aliphatic hydroxyl groups is 1. The van der Waals surface area contributed by atoms with Crippen LogP contribution in [-0.4, -0.2) is 44.2 Å². The van der Waals surface area contributed by atoms with E-state index in [9.17, 15) is 13.5 Å². The van der Waals surface area contributed by atoms with E-state index in [1.807, 2.05) is 6.92 Å². The van der Waals surface area contributed by atoms with E-state index in [1.54, 1.807) is 0 Å². The lowest BCUT2D eigenvalue weighted by molar-refractivity contribution is 0.192. The van der Waals surface area contributed by atoms with Gasteiger partial charge < -0.3 is 10.4 Å². The van der Waals surface area contributed by atoms with Gasteiger partial charge in [-0.05, 0) is 18.8 Å². The summed E-state index contributed by atoms with van der Waals surface area (Å²) in [5.41, 5.74) is 0.116. The fourth-order valence-electron chi connectivity index (χ4n) is 1.82. The molecule has 0 aliphatic heterocycles. The van der Waals surface area contributed by atoms with Crippen LogP contribution in [0, 0.1) is 5.41 Å². The van der Waals surface area contributed by atoms with Crippen LogP contribution >= 0.6 is 0 Å². The first kappa shape index (κ1) is 15.9. The summed E-state index contributed by atoms with van der Waals surface area (Å²) in [5.74, 6) is 0.105. The van der Waals surface area contributed by atoms with Gasteiger partial charge >= 0.3 is 0 Å². The molecule has 0 aromatic carbocycles. The molecule has 0 aliphatic rings. The molecular weight excluding hydrogens is 226 g/mol. The van der Waals surface area contributed by atoms with Crippen molar-refractivity contribution < 1.29 is 13.5 Å². The zero-order chi connectivity index (χ0) is 13.0. The molecule has 0 aliphatic carbocycles. The number of sulfone groups is 1. The maximum absolute atomic E-state index is 11.1. The molecule has 0 rings (SSSR count). The van der Waals surface area contributed by atoms with Gasteiger partial charge in [0.1, 0.15) is 9.84 Å². The molecular formula is C11H25NO3S. The van der Waals surface area contributed by atoms with Crippen LogP contribution in [0.1, 0.15) is 34.1 Å². The minimum atomic E-state index is -2.97. The Bertz CT molecular complexity index is 293. The van der Waals surface area contributed by atoms with Crippen LogP contribution in [0.4, 0.5) is 0 Å². The first-order chi connectivity index (χ1) is 7.03. The quantitative estimate of drug-likeness (QED) is 0.733. The van der Waals surface area contributed by atoms with E-state index in [0.29, 0.717) is 0 Å². The molecule has 0 saturated carbocycles. The van der Waals surface area contributed by atoms with Gasteiger partial charge in [0.15, 0.2) is 0 Å². The minimum absolute atomic E-state index is 0.0331. The second-order valence-electron chi connectivity index (χ2n) is 5.80. The topological polar surface area (TPSA) is 66.4 Å². The van der Waals surface area contributed by atoms with Gasteiger partial charge in [0.2, 0.25) is 0 Å². The monoisotopic (exact) mass is 251 g/mol. The van der Waals surface area contributed by atoms with Crippen LogP contribution in [0.3, 0.4) is 0 Å². The Balaban J connectivity index is 4.23. The summed E-state index contributed by atoms with van der Waals surface area (Å²) in [5, 5.41) is 12.4. The van der Waals surface area contributed by atoms with Crippen LogP contribution in [0.15, 0.2) is 0 Å². The van der Waals surface area contributed by atoms with E-state index < -0.39 is 9.84 Å². The van der Waals surface area contributed by atoms with Crippen LogP contribution in [0.25, 0.3) is 0 Å². The lowest BCUT2D eigenvalue weighted by atomic mass is 9.88. The van der Waals surface area contributed by atoms with Crippen LogP contribution in [0.2, 0.25) is 0 Å². The Morgan fingerprint density at radius 1 is 1.31 bits per heavy atom. The van der Waals surface area contributed by atoms with Gasteiger partial charge in [0.05, 0.1) is 12.4 Å². The zero-order valence-corrected chi connectivity index (χ0v) is 11.8. The summed E-state index contributed by atoms with van der Waals surface area (Å²) in [6.45, 7) is 8.15. The van der Waals surface area contributed by atoms with Crippen LogP contribution in [-0.2, 0) is 9.84 Å². The molecule has 0 spiro atoms. The van der Waals surface area contributed by atoms with Crippen molar-refractivity contribution in [2.45, 2.75) is 46.2 Å². The summed E-state index contributed by atoms with van der Waals surface area (Å²) < 4.78 is 22.2. The molecule has 0 aromatic heterocycles. The average Bonchev–Trinajstić information content (AvgIpc) is 1.96. The maximum atomic E-state index is 11.1. The predicted molar refractivity (Wildman–Crippen MR) is 67.3 cm³/mol. The van der Waals surface area contributed by atoms with Gasteiger partial charge in [-0.3, -0.25) is 0 Å². The number of nitrogens with one attached hydrogen (secondary N) is 1. The summed E-state index contributed by atoms with van der Waals surface area (Å²) in [6, 6.07) is -0.175. The zero-order valence-electron chi connectivity index (χ0n) is 10.9. The van der Waals surface area contributed by atoms with Crippen molar-refractivity contribution in [1.82, 2.24) is 5.32 Å². The van der Waals surface area contributed by atoms with Crippen molar-refractivity contribution in [3.63, 3.8) is 0 Å². The Morgan fingerprint density at radius 2 is 1.81 bits per heavy atom. The highest BCUT2D eigenvalue weighted by molar-refractivity contribution is 7.90. The van der Waals surface area contributed by atoms with Gasteiger partial charge in [0.25, 0.3) is 0 Å². The van der Waals surface area contributed by atoms with Crippen LogP contribution in [0.5, 0.6) is 0 Å². The Kier molecular flexibility index (Phi) is 5.93. The average molecular weight is 251 g/mol. The van der Waals surface area contributed by atoms with Gasteiger partial charge in [-0.25, -0.2) is 8.42 Å². The molecule has 0 fully saturated rings. The maximum Gasteiger partial charge on any atom is 0.148 e. The highest BCUT2D eigenvalue weighted by Gasteiger charge is 2.20. The van der Waals surface area contributed by atoms with E-state index in [-0.39, 0.29) is 29.9 Å². The summed E-state index contributed by atoms with van der Waals surface area (Å²) in [6.07, 6.45) is 2.04. The number of hydrogen-bond acceptors (Lipinski definition) is 4. The summed E-state index contributed by atoms with van der Waals surface area (Å²) in [7, 11) is -2.97. The van der Waals surface area contributed by atoms with Gasteiger partial charge in [-0.2, -0.15) is 0 Å². The molecule has 2 N–H and O–H groups in total. The molecule has 0 heterocycles. The second kappa shape index (κ2) is 5.98. The standard InChI is InChI=1S/C11H25NO3S/c1-9(8-16(5,14)15)12-10(7-13)6-11(2,3)4/h9-10,12-13H,6-8H2,1-5H3. The van der Waals surface area contributed by atoms with Crippen LogP contribution < -0.4 is 5.32 Å². The molecule has 2 atom stereocenters. The minimum Gasteiger partial charge on any atom is -0.395 e. The number of hydrogen-bond donors (Lipinski definition) is 2. The number of rotatable bonds is 6. The Morgan fingerprint density at radius 3 is 2.12 bits per heavy atom. The lowest BCUT2D eigenvalue weighted by Gasteiger charge is -2.27. The van der Waals surface area contributed by atoms with Crippen molar-refractivity contribution in [2.75, 3.05) is 18.6 Å². The third-order valence-electron chi connectivity index (χ3n) is 2.15. The van der Waals surface area contributed by atoms with Gasteiger partial charge in [-0.1, -0.05) is 20.8 Å². The van der Waals surface area contributed by atoms with E-state index >= 15 is 0 Å². The molecule has 5 heteroatoms. The van der Waals surface area contributed by atoms with Crippen molar-refractivity contribution >= 4 is 9.84 Å². The predicted octanol–water partition coefficient (Wildman–Crippen LogP) is 0.806. The number of aliphatic hydroxyl groups excluding tert-OH is 1. The SMILES string of the molecule is CC(CS(C)(=O)=O)NC(CO)CC(C)(C)C.